The first-order valence-corrected chi connectivity index (χ1v) is 4.70. The first-order chi connectivity index (χ1) is 5.25. The summed E-state index contributed by atoms with van der Waals surface area (Å²) in [7, 11) is -0.554. The van der Waals surface area contributed by atoms with Gasteiger partial charge in [-0.2, -0.15) is 0 Å². The Morgan fingerprint density at radius 3 is 2.82 bits per heavy atom. The molecule has 1 unspecified atom stereocenters. The Balaban J connectivity index is 2.54. The van der Waals surface area contributed by atoms with Crippen LogP contribution in [0.4, 0.5) is 0 Å². The minimum atomic E-state index is -1.90. The van der Waals surface area contributed by atoms with Crippen LogP contribution < -0.4 is 0 Å². The van der Waals surface area contributed by atoms with Gasteiger partial charge in [-0.1, -0.05) is 0 Å². The van der Waals surface area contributed by atoms with Gasteiger partial charge >= 0.3 is 8.18 Å². The fourth-order valence-electron chi connectivity index (χ4n) is 1.06. The average Bonchev–Trinajstić information content (AvgIpc) is 2.04. The highest BCUT2D eigenvalue weighted by molar-refractivity contribution is 7.37. The van der Waals surface area contributed by atoms with Gasteiger partial charge in [-0.25, -0.2) is 0 Å². The van der Waals surface area contributed by atoms with Crippen molar-refractivity contribution in [2.45, 2.75) is 19.3 Å². The molecular weight excluding hydrogens is 165 g/mol. The van der Waals surface area contributed by atoms with Gasteiger partial charge in [0.05, 0.1) is 13.7 Å². The summed E-state index contributed by atoms with van der Waals surface area (Å²) in [6, 6.07) is 0. The number of hydrogen-bond acceptors (Lipinski definition) is 3. The first-order valence-electron chi connectivity index (χ1n) is 3.57. The number of hydrogen-bond donors (Lipinski definition) is 0. The maximum atomic E-state index is 11.1. The van der Waals surface area contributed by atoms with E-state index in [9.17, 15) is 9.36 Å². The molecule has 1 saturated heterocycles. The van der Waals surface area contributed by atoms with Crippen molar-refractivity contribution in [3.63, 3.8) is 0 Å². The highest BCUT2D eigenvalue weighted by Crippen LogP contribution is 2.30. The SMILES string of the molecule is CO[P+](=O)N1CCCCC1=O. The molecule has 0 aromatic rings. The molecule has 5 heteroatoms. The fourth-order valence-corrected chi connectivity index (χ4v) is 1.85. The van der Waals surface area contributed by atoms with Crippen molar-refractivity contribution in [1.82, 2.24) is 4.67 Å². The standard InChI is InChI=1S/C6H11NO3P/c1-10-11(9)7-5-3-2-4-6(7)8/h2-5H2,1H3/q+1. The van der Waals surface area contributed by atoms with E-state index in [0.717, 1.165) is 12.8 Å². The Kier molecular flexibility index (Phi) is 2.97. The van der Waals surface area contributed by atoms with Gasteiger partial charge in [0.25, 0.3) is 5.91 Å². The summed E-state index contributed by atoms with van der Waals surface area (Å²) in [6.07, 6.45) is 2.34. The van der Waals surface area contributed by atoms with Crippen molar-refractivity contribution in [3.05, 3.63) is 0 Å². The summed E-state index contributed by atoms with van der Waals surface area (Å²) in [5.74, 6) is -0.0563. The van der Waals surface area contributed by atoms with Crippen LogP contribution in [0.3, 0.4) is 0 Å². The molecule has 0 aromatic carbocycles. The van der Waals surface area contributed by atoms with E-state index in [1.165, 1.54) is 11.8 Å². The van der Waals surface area contributed by atoms with Crippen molar-refractivity contribution in [2.75, 3.05) is 13.7 Å². The minimum Gasteiger partial charge on any atom is -0.271 e. The molecule has 1 atom stereocenters. The van der Waals surface area contributed by atoms with Crippen molar-refractivity contribution in [2.24, 2.45) is 0 Å². The van der Waals surface area contributed by atoms with Crippen LogP contribution in [0, 0.1) is 0 Å². The predicted octanol–water partition coefficient (Wildman–Crippen LogP) is 1.30. The quantitative estimate of drug-likeness (QED) is 0.596. The molecule has 0 bridgehead atoms. The molecule has 0 aliphatic carbocycles. The lowest BCUT2D eigenvalue weighted by Crippen LogP contribution is -2.29. The molecule has 1 fully saturated rings. The van der Waals surface area contributed by atoms with Crippen LogP contribution in [0.2, 0.25) is 0 Å². The van der Waals surface area contributed by atoms with E-state index in [1.807, 2.05) is 0 Å². The molecule has 1 rings (SSSR count). The maximum absolute atomic E-state index is 11.1. The maximum Gasteiger partial charge on any atom is 0.648 e. The molecule has 0 saturated carbocycles. The van der Waals surface area contributed by atoms with E-state index in [4.69, 9.17) is 0 Å². The summed E-state index contributed by atoms with van der Waals surface area (Å²) in [4.78, 5) is 11.1. The highest BCUT2D eigenvalue weighted by atomic mass is 31.1. The number of carbonyl (C=O) groups excluding carboxylic acids is 1. The molecule has 4 nitrogen and oxygen atoms in total. The Morgan fingerprint density at radius 2 is 2.27 bits per heavy atom. The monoisotopic (exact) mass is 176 g/mol. The molecule has 62 valence electrons. The highest BCUT2D eigenvalue weighted by Gasteiger charge is 2.35. The van der Waals surface area contributed by atoms with Crippen LogP contribution in [0.15, 0.2) is 0 Å². The van der Waals surface area contributed by atoms with Gasteiger partial charge in [-0.3, -0.25) is 4.79 Å². The van der Waals surface area contributed by atoms with Gasteiger partial charge in [-0.15, -0.1) is 9.19 Å². The topological polar surface area (TPSA) is 46.6 Å². The van der Waals surface area contributed by atoms with Crippen LogP contribution in [-0.2, 0) is 13.9 Å². The van der Waals surface area contributed by atoms with Crippen LogP contribution in [0.25, 0.3) is 0 Å². The van der Waals surface area contributed by atoms with Gasteiger partial charge in [0.2, 0.25) is 0 Å². The largest absolute Gasteiger partial charge is 0.648 e. The lowest BCUT2D eigenvalue weighted by atomic mass is 10.2. The summed E-state index contributed by atoms with van der Waals surface area (Å²) in [5.41, 5.74) is 0. The van der Waals surface area contributed by atoms with Gasteiger partial charge < -0.3 is 0 Å². The second-order valence-electron chi connectivity index (χ2n) is 2.39. The number of rotatable bonds is 2. The zero-order valence-corrected chi connectivity index (χ0v) is 7.34. The molecule has 11 heavy (non-hydrogen) atoms. The van der Waals surface area contributed by atoms with Crippen LogP contribution in [-0.4, -0.2) is 24.2 Å². The second kappa shape index (κ2) is 3.79. The van der Waals surface area contributed by atoms with E-state index < -0.39 is 8.18 Å². The second-order valence-corrected chi connectivity index (χ2v) is 3.72. The van der Waals surface area contributed by atoms with Crippen molar-refractivity contribution < 1.29 is 13.9 Å². The lowest BCUT2D eigenvalue weighted by molar-refractivity contribution is -0.128. The van der Waals surface area contributed by atoms with Crippen molar-refractivity contribution >= 4 is 14.1 Å². The molecule has 1 aliphatic heterocycles. The van der Waals surface area contributed by atoms with E-state index in [1.54, 1.807) is 0 Å². The van der Waals surface area contributed by atoms with Crippen molar-refractivity contribution in [1.29, 1.82) is 0 Å². The van der Waals surface area contributed by atoms with E-state index in [-0.39, 0.29) is 5.91 Å². The van der Waals surface area contributed by atoms with Crippen LogP contribution in [0.1, 0.15) is 19.3 Å². The Morgan fingerprint density at radius 1 is 1.55 bits per heavy atom. The number of amides is 1. The summed E-state index contributed by atoms with van der Waals surface area (Å²) >= 11 is 0. The summed E-state index contributed by atoms with van der Waals surface area (Å²) < 4.78 is 16.9. The molecule has 0 N–H and O–H groups in total. The van der Waals surface area contributed by atoms with Gasteiger partial charge in [0, 0.05) is 6.42 Å². The zero-order valence-electron chi connectivity index (χ0n) is 6.45. The third-order valence-electron chi connectivity index (χ3n) is 1.65. The normalized spacial score (nSPS) is 20.3. The first kappa shape index (κ1) is 8.62. The van der Waals surface area contributed by atoms with Crippen LogP contribution >= 0.6 is 8.18 Å². The average molecular weight is 176 g/mol. The van der Waals surface area contributed by atoms with E-state index in [0.29, 0.717) is 13.0 Å². The van der Waals surface area contributed by atoms with E-state index in [2.05, 4.69) is 4.52 Å². The Bertz CT molecular complexity index is 175. The van der Waals surface area contributed by atoms with Gasteiger partial charge in [-0.05, 0) is 17.4 Å². The molecule has 1 amide bonds. The van der Waals surface area contributed by atoms with Gasteiger partial charge in [0.15, 0.2) is 0 Å². The summed E-state index contributed by atoms with van der Waals surface area (Å²) in [6.45, 7) is 0.571. The predicted molar refractivity (Wildman–Crippen MR) is 40.2 cm³/mol. The summed E-state index contributed by atoms with van der Waals surface area (Å²) in [5, 5.41) is 0. The molecule has 1 aliphatic rings. The molecule has 1 heterocycles. The molecular formula is C6H11NO3P+. The van der Waals surface area contributed by atoms with Crippen molar-refractivity contribution in [3.8, 4) is 0 Å². The fraction of sp³-hybridized carbons (Fsp3) is 0.833. The van der Waals surface area contributed by atoms with Gasteiger partial charge in [0.1, 0.15) is 0 Å². The third kappa shape index (κ3) is 1.98. The third-order valence-corrected chi connectivity index (χ3v) is 2.78. The Labute approximate surface area is 66.4 Å². The number of piperidine rings is 1. The molecule has 0 aromatic heterocycles. The Hall–Kier alpha value is -0.470. The smallest absolute Gasteiger partial charge is 0.271 e. The number of carbonyl (C=O) groups is 1. The molecule has 0 spiro atoms. The van der Waals surface area contributed by atoms with Crippen LogP contribution in [0.5, 0.6) is 0 Å². The lowest BCUT2D eigenvalue weighted by Gasteiger charge is -2.14. The van der Waals surface area contributed by atoms with E-state index >= 15 is 0 Å². The zero-order chi connectivity index (χ0) is 8.27. The number of nitrogens with zero attached hydrogens (tertiary/aromatic N) is 1. The molecule has 0 radical (unpaired) electrons. The minimum absolute atomic E-state index is 0.0563.